The lowest BCUT2D eigenvalue weighted by Gasteiger charge is -2.31. The van der Waals surface area contributed by atoms with Crippen molar-refractivity contribution in [1.29, 1.82) is 0 Å². The highest BCUT2D eigenvalue weighted by Gasteiger charge is 2.35. The van der Waals surface area contributed by atoms with Crippen LogP contribution >= 0.6 is 11.3 Å². The normalized spacial score (nSPS) is 11.6. The van der Waals surface area contributed by atoms with Gasteiger partial charge >= 0.3 is 0 Å². The van der Waals surface area contributed by atoms with Gasteiger partial charge in [-0.1, -0.05) is 12.1 Å². The highest BCUT2D eigenvalue weighted by atomic mass is 32.1. The number of anilines is 2. The van der Waals surface area contributed by atoms with Crippen LogP contribution in [-0.4, -0.2) is 21.8 Å². The molecule has 0 radical (unpaired) electrons. The summed E-state index contributed by atoms with van der Waals surface area (Å²) in [4.78, 5) is 37.6. The number of aryl methyl sites for hydroxylation is 2. The molecule has 2 amide bonds. The van der Waals surface area contributed by atoms with Gasteiger partial charge in [-0.3, -0.25) is 19.5 Å². The van der Waals surface area contributed by atoms with Crippen LogP contribution in [0.25, 0.3) is 0 Å². The number of rotatable bonds is 6. The van der Waals surface area contributed by atoms with Gasteiger partial charge in [-0.25, -0.2) is 9.37 Å². The molecular weight excluding hydrogens is 439 g/mol. The van der Waals surface area contributed by atoms with Crippen molar-refractivity contribution in [3.63, 3.8) is 0 Å². The lowest BCUT2D eigenvalue weighted by Crippen LogP contribution is -2.41. The molecule has 8 heteroatoms. The molecule has 4 aromatic rings. The lowest BCUT2D eigenvalue weighted by molar-refractivity contribution is -0.117. The minimum Gasteiger partial charge on any atom is -0.324 e. The quantitative estimate of drug-likeness (QED) is 0.423. The molecule has 2 aromatic heterocycles. The fourth-order valence-electron chi connectivity index (χ4n) is 3.57. The van der Waals surface area contributed by atoms with Crippen LogP contribution in [0.5, 0.6) is 0 Å². The number of halogens is 1. The Morgan fingerprint density at radius 1 is 1.03 bits per heavy atom. The molecule has 0 fully saturated rings. The third-order valence-corrected chi connectivity index (χ3v) is 5.84. The van der Waals surface area contributed by atoms with Crippen molar-refractivity contribution in [2.24, 2.45) is 0 Å². The average Bonchev–Trinajstić information content (AvgIpc) is 3.32. The third kappa shape index (κ3) is 5.12. The van der Waals surface area contributed by atoms with E-state index in [0.29, 0.717) is 16.3 Å². The summed E-state index contributed by atoms with van der Waals surface area (Å²) in [7, 11) is 0. The Morgan fingerprint density at radius 3 is 2.36 bits per heavy atom. The Bertz CT molecular complexity index is 1240. The average molecular weight is 461 g/mol. The van der Waals surface area contributed by atoms with Crippen molar-refractivity contribution >= 4 is 34.5 Å². The monoisotopic (exact) mass is 460 g/mol. The zero-order valence-electron chi connectivity index (χ0n) is 18.0. The van der Waals surface area contributed by atoms with Gasteiger partial charge in [-0.2, -0.15) is 0 Å². The van der Waals surface area contributed by atoms with E-state index >= 15 is 0 Å². The molecule has 1 atom stereocenters. The summed E-state index contributed by atoms with van der Waals surface area (Å²) in [5.74, 6) is -1.29. The maximum atomic E-state index is 13.7. The second-order valence-electron chi connectivity index (χ2n) is 7.53. The van der Waals surface area contributed by atoms with E-state index in [4.69, 9.17) is 0 Å². The van der Waals surface area contributed by atoms with E-state index in [1.807, 2.05) is 43.5 Å². The molecule has 33 heavy (non-hydrogen) atoms. The van der Waals surface area contributed by atoms with Crippen LogP contribution in [0.1, 0.15) is 32.5 Å². The van der Waals surface area contributed by atoms with Crippen LogP contribution in [-0.2, 0) is 4.79 Å². The number of nitrogens with zero attached hydrogens (tertiary/aromatic N) is 3. The summed E-state index contributed by atoms with van der Waals surface area (Å²) in [5, 5.41) is 4.66. The number of amides is 2. The summed E-state index contributed by atoms with van der Waals surface area (Å²) < 4.78 is 13.3. The summed E-state index contributed by atoms with van der Waals surface area (Å²) in [6.07, 6.45) is 4.29. The number of aromatic nitrogens is 2. The van der Waals surface area contributed by atoms with E-state index in [2.05, 4.69) is 15.3 Å². The van der Waals surface area contributed by atoms with Crippen LogP contribution in [0.2, 0.25) is 0 Å². The number of hydrogen-bond acceptors (Lipinski definition) is 5. The lowest BCUT2D eigenvalue weighted by atomic mass is 10.1. The minimum atomic E-state index is -0.981. The Kier molecular flexibility index (Phi) is 6.55. The number of nitrogens with one attached hydrogen (secondary N) is 1. The van der Waals surface area contributed by atoms with Crippen molar-refractivity contribution in [3.05, 3.63) is 106 Å². The van der Waals surface area contributed by atoms with Crippen molar-refractivity contribution < 1.29 is 14.0 Å². The number of carbonyl (C=O) groups is 2. The molecule has 0 saturated heterocycles. The van der Waals surface area contributed by atoms with Crippen molar-refractivity contribution in [1.82, 2.24) is 9.97 Å². The largest absolute Gasteiger partial charge is 0.324 e. The molecule has 166 valence electrons. The SMILES string of the molecule is Cc1cc(C)cc(N(C(=O)c2cnccn2)[C@H](C(=O)Nc2ccc(F)cc2)c2cccs2)c1. The van der Waals surface area contributed by atoms with Gasteiger partial charge < -0.3 is 5.32 Å². The second kappa shape index (κ2) is 9.70. The minimum absolute atomic E-state index is 0.118. The predicted molar refractivity (Wildman–Crippen MR) is 127 cm³/mol. The molecule has 1 N–H and O–H groups in total. The summed E-state index contributed by atoms with van der Waals surface area (Å²) in [6, 6.07) is 13.8. The molecule has 0 spiro atoms. The standard InChI is InChI=1S/C25H21FN4O2S/c1-16-12-17(2)14-20(13-16)30(25(32)21-15-27-9-10-28-21)23(22-4-3-11-33-22)24(31)29-19-7-5-18(26)6-8-19/h3-15,23H,1-2H3,(H,29,31)/t23-/m0/s1. The molecule has 4 rings (SSSR count). The number of benzene rings is 2. The zero-order chi connectivity index (χ0) is 23.4. The van der Waals surface area contributed by atoms with Crippen LogP contribution in [0.4, 0.5) is 15.8 Å². The number of carbonyl (C=O) groups excluding carboxylic acids is 2. The van der Waals surface area contributed by atoms with E-state index in [1.165, 1.54) is 59.1 Å². The first-order valence-corrected chi connectivity index (χ1v) is 11.1. The first-order chi connectivity index (χ1) is 15.9. The smallest absolute Gasteiger partial charge is 0.279 e. The third-order valence-electron chi connectivity index (χ3n) is 4.92. The second-order valence-corrected chi connectivity index (χ2v) is 8.51. The van der Waals surface area contributed by atoms with Crippen LogP contribution < -0.4 is 10.2 Å². The molecule has 0 bridgehead atoms. The van der Waals surface area contributed by atoms with E-state index in [-0.39, 0.29) is 5.69 Å². The van der Waals surface area contributed by atoms with Crippen LogP contribution in [0, 0.1) is 19.7 Å². The Labute approximate surface area is 194 Å². The van der Waals surface area contributed by atoms with Crippen molar-refractivity contribution in [2.75, 3.05) is 10.2 Å². The maximum Gasteiger partial charge on any atom is 0.279 e. The van der Waals surface area contributed by atoms with Crippen molar-refractivity contribution in [2.45, 2.75) is 19.9 Å². The summed E-state index contributed by atoms with van der Waals surface area (Å²) in [5.41, 5.74) is 3.01. The van der Waals surface area contributed by atoms with Crippen molar-refractivity contribution in [3.8, 4) is 0 Å². The predicted octanol–water partition coefficient (Wildman–Crippen LogP) is 5.32. The van der Waals surface area contributed by atoms with Gasteiger partial charge in [0.15, 0.2) is 6.04 Å². The van der Waals surface area contributed by atoms with Gasteiger partial charge in [0.1, 0.15) is 11.5 Å². The molecule has 0 aliphatic rings. The first kappa shape index (κ1) is 22.3. The van der Waals surface area contributed by atoms with Gasteiger partial charge in [0, 0.05) is 28.6 Å². The van der Waals surface area contributed by atoms with Gasteiger partial charge in [0.05, 0.1) is 6.20 Å². The molecule has 0 saturated carbocycles. The van der Waals surface area contributed by atoms with E-state index in [9.17, 15) is 14.0 Å². The summed E-state index contributed by atoms with van der Waals surface area (Å²) in [6.45, 7) is 3.86. The Morgan fingerprint density at radius 2 is 1.76 bits per heavy atom. The zero-order valence-corrected chi connectivity index (χ0v) is 18.8. The van der Waals surface area contributed by atoms with E-state index in [1.54, 1.807) is 6.07 Å². The Hall–Kier alpha value is -3.91. The van der Waals surface area contributed by atoms with Gasteiger partial charge in [-0.15, -0.1) is 11.3 Å². The number of thiophene rings is 1. The Balaban J connectivity index is 1.83. The number of hydrogen-bond donors (Lipinski definition) is 1. The van der Waals surface area contributed by atoms with Crippen LogP contribution in [0.3, 0.4) is 0 Å². The maximum absolute atomic E-state index is 13.7. The molecule has 0 aliphatic carbocycles. The highest BCUT2D eigenvalue weighted by molar-refractivity contribution is 7.10. The van der Waals surface area contributed by atoms with Gasteiger partial charge in [0.2, 0.25) is 0 Å². The molecular formula is C25H21FN4O2S. The highest BCUT2D eigenvalue weighted by Crippen LogP contribution is 2.33. The first-order valence-electron chi connectivity index (χ1n) is 10.2. The molecule has 2 aromatic carbocycles. The molecule has 0 unspecified atom stereocenters. The van der Waals surface area contributed by atoms with Gasteiger partial charge in [0.25, 0.3) is 11.8 Å². The van der Waals surface area contributed by atoms with E-state index in [0.717, 1.165) is 11.1 Å². The van der Waals surface area contributed by atoms with Crippen LogP contribution in [0.15, 0.2) is 78.6 Å². The molecule has 0 aliphatic heterocycles. The molecule has 6 nitrogen and oxygen atoms in total. The van der Waals surface area contributed by atoms with E-state index < -0.39 is 23.7 Å². The topological polar surface area (TPSA) is 75.2 Å². The summed E-state index contributed by atoms with van der Waals surface area (Å²) >= 11 is 1.37. The van der Waals surface area contributed by atoms with Gasteiger partial charge in [-0.05, 0) is 72.8 Å². The fourth-order valence-corrected chi connectivity index (χ4v) is 4.38. The fraction of sp³-hybridized carbons (Fsp3) is 0.120. The molecule has 2 heterocycles.